The van der Waals surface area contributed by atoms with Crippen LogP contribution in [0.1, 0.15) is 21.5 Å². The van der Waals surface area contributed by atoms with Gasteiger partial charge >= 0.3 is 0 Å². The Kier molecular flexibility index (Phi) is 4.14. The van der Waals surface area contributed by atoms with Crippen molar-refractivity contribution in [1.29, 1.82) is 0 Å². The van der Waals surface area contributed by atoms with E-state index < -0.39 is 0 Å². The molecule has 0 saturated heterocycles. The number of halogens is 1. The van der Waals surface area contributed by atoms with Gasteiger partial charge in [0.15, 0.2) is 0 Å². The fraction of sp³-hybridized carbons (Fsp3) is 0.188. The van der Waals surface area contributed by atoms with Crippen LogP contribution in [0.25, 0.3) is 0 Å². The first-order chi connectivity index (χ1) is 9.40. The lowest BCUT2D eigenvalue weighted by Crippen LogP contribution is -2.27. The zero-order valence-corrected chi connectivity index (χ0v) is 13.2. The molecule has 2 rings (SSSR count). The van der Waals surface area contributed by atoms with E-state index in [2.05, 4.69) is 15.9 Å². The van der Waals surface area contributed by atoms with Gasteiger partial charge in [-0.25, -0.2) is 0 Å². The van der Waals surface area contributed by atoms with E-state index in [0.717, 1.165) is 21.3 Å². The van der Waals surface area contributed by atoms with Crippen molar-refractivity contribution in [2.24, 2.45) is 0 Å². The average molecular weight is 334 g/mol. The van der Waals surface area contributed by atoms with Gasteiger partial charge in [0.1, 0.15) is 5.75 Å². The number of hydrogen-bond donors (Lipinski definition) is 1. The highest BCUT2D eigenvalue weighted by molar-refractivity contribution is 9.10. The zero-order chi connectivity index (χ0) is 14.9. The smallest absolute Gasteiger partial charge is 0.261 e. The quantitative estimate of drug-likeness (QED) is 0.900. The first kappa shape index (κ1) is 14.6. The van der Waals surface area contributed by atoms with Gasteiger partial charge < -0.3 is 10.0 Å². The lowest BCUT2D eigenvalue weighted by atomic mass is 10.1. The molecule has 1 N–H and O–H groups in total. The number of aromatic hydroxyl groups is 1. The summed E-state index contributed by atoms with van der Waals surface area (Å²) in [5.41, 5.74) is 3.30. The van der Waals surface area contributed by atoms with Crippen LogP contribution < -0.4 is 4.90 Å². The fourth-order valence-corrected chi connectivity index (χ4v) is 2.51. The summed E-state index contributed by atoms with van der Waals surface area (Å²) < 4.78 is 0.737. The van der Waals surface area contributed by atoms with Crippen LogP contribution in [0.5, 0.6) is 5.75 Å². The molecule has 0 aliphatic carbocycles. The molecule has 0 aromatic heterocycles. The molecule has 0 fully saturated rings. The van der Waals surface area contributed by atoms with Gasteiger partial charge in [0, 0.05) is 17.2 Å². The molecule has 0 spiro atoms. The highest BCUT2D eigenvalue weighted by atomic mass is 79.9. The summed E-state index contributed by atoms with van der Waals surface area (Å²) in [6.45, 7) is 3.98. The normalized spacial score (nSPS) is 10.4. The molecule has 20 heavy (non-hydrogen) atoms. The van der Waals surface area contributed by atoms with Crippen molar-refractivity contribution in [2.45, 2.75) is 13.8 Å². The first-order valence-electron chi connectivity index (χ1n) is 6.24. The van der Waals surface area contributed by atoms with E-state index in [1.165, 1.54) is 6.07 Å². The molecule has 0 aliphatic heterocycles. The molecule has 1 amide bonds. The number of carbonyl (C=O) groups excluding carboxylic acids is 1. The Bertz CT molecular complexity index is 668. The topological polar surface area (TPSA) is 40.5 Å². The van der Waals surface area contributed by atoms with Crippen molar-refractivity contribution in [3.63, 3.8) is 0 Å². The molecule has 0 unspecified atom stereocenters. The summed E-state index contributed by atoms with van der Waals surface area (Å²) in [6, 6.07) is 10.8. The van der Waals surface area contributed by atoms with Crippen molar-refractivity contribution in [2.75, 3.05) is 11.9 Å². The SMILES string of the molecule is Cc1ccc(N(C)C(=O)c2ccc(Br)cc2O)c(C)c1. The third-order valence-corrected chi connectivity index (χ3v) is 3.70. The van der Waals surface area contributed by atoms with E-state index in [9.17, 15) is 9.90 Å². The van der Waals surface area contributed by atoms with Crippen molar-refractivity contribution >= 4 is 27.5 Å². The van der Waals surface area contributed by atoms with Crippen LogP contribution in [0.3, 0.4) is 0 Å². The van der Waals surface area contributed by atoms with Crippen molar-refractivity contribution < 1.29 is 9.90 Å². The van der Waals surface area contributed by atoms with Crippen LogP contribution in [-0.4, -0.2) is 18.1 Å². The predicted octanol–water partition coefficient (Wildman–Crippen LogP) is 4.05. The number of aryl methyl sites for hydroxylation is 2. The second-order valence-electron chi connectivity index (χ2n) is 4.82. The number of hydrogen-bond acceptors (Lipinski definition) is 2. The van der Waals surface area contributed by atoms with Crippen LogP contribution >= 0.6 is 15.9 Å². The van der Waals surface area contributed by atoms with Crippen molar-refractivity contribution in [3.05, 3.63) is 57.6 Å². The summed E-state index contributed by atoms with van der Waals surface area (Å²) >= 11 is 3.26. The maximum atomic E-state index is 12.5. The van der Waals surface area contributed by atoms with Crippen LogP contribution in [-0.2, 0) is 0 Å². The largest absolute Gasteiger partial charge is 0.507 e. The Morgan fingerprint density at radius 1 is 1.15 bits per heavy atom. The molecule has 0 saturated carbocycles. The monoisotopic (exact) mass is 333 g/mol. The molecular weight excluding hydrogens is 318 g/mol. The minimum atomic E-state index is -0.234. The molecule has 2 aromatic rings. The third-order valence-electron chi connectivity index (χ3n) is 3.21. The van der Waals surface area contributed by atoms with E-state index in [-0.39, 0.29) is 17.2 Å². The molecule has 104 valence electrons. The first-order valence-corrected chi connectivity index (χ1v) is 7.03. The minimum Gasteiger partial charge on any atom is -0.507 e. The standard InChI is InChI=1S/C16H16BrNO2/c1-10-4-7-14(11(2)8-10)18(3)16(20)13-6-5-12(17)9-15(13)19/h4-9,19H,1-3H3. The predicted molar refractivity (Wildman–Crippen MR) is 84.5 cm³/mol. The lowest BCUT2D eigenvalue weighted by Gasteiger charge is -2.20. The summed E-state index contributed by atoms with van der Waals surface area (Å²) in [6.07, 6.45) is 0. The number of benzene rings is 2. The van der Waals surface area contributed by atoms with Gasteiger partial charge in [0.2, 0.25) is 0 Å². The summed E-state index contributed by atoms with van der Waals surface area (Å²) in [5.74, 6) is -0.261. The summed E-state index contributed by atoms with van der Waals surface area (Å²) in [5, 5.41) is 9.89. The van der Waals surface area contributed by atoms with E-state index >= 15 is 0 Å². The number of phenols is 1. The highest BCUT2D eigenvalue weighted by Gasteiger charge is 2.18. The average Bonchev–Trinajstić information content (AvgIpc) is 2.37. The molecule has 2 aromatic carbocycles. The Morgan fingerprint density at radius 2 is 1.85 bits per heavy atom. The van der Waals surface area contributed by atoms with Gasteiger partial charge in [-0.15, -0.1) is 0 Å². The zero-order valence-electron chi connectivity index (χ0n) is 11.6. The number of phenolic OH excluding ortho intramolecular Hbond substituents is 1. The van der Waals surface area contributed by atoms with E-state index in [4.69, 9.17) is 0 Å². The van der Waals surface area contributed by atoms with E-state index in [1.54, 1.807) is 24.1 Å². The van der Waals surface area contributed by atoms with E-state index in [1.807, 2.05) is 32.0 Å². The van der Waals surface area contributed by atoms with Gasteiger partial charge in [0.05, 0.1) is 5.56 Å². The van der Waals surface area contributed by atoms with E-state index in [0.29, 0.717) is 0 Å². The number of carbonyl (C=O) groups is 1. The van der Waals surface area contributed by atoms with Crippen LogP contribution in [0, 0.1) is 13.8 Å². The third kappa shape index (κ3) is 2.85. The highest BCUT2D eigenvalue weighted by Crippen LogP contribution is 2.26. The van der Waals surface area contributed by atoms with Gasteiger partial charge in [-0.05, 0) is 43.7 Å². The summed E-state index contributed by atoms with van der Waals surface area (Å²) in [4.78, 5) is 14.0. The molecule has 0 heterocycles. The molecule has 0 atom stereocenters. The van der Waals surface area contributed by atoms with Crippen molar-refractivity contribution in [3.8, 4) is 5.75 Å². The minimum absolute atomic E-state index is 0.0269. The van der Waals surface area contributed by atoms with Crippen LogP contribution in [0.4, 0.5) is 5.69 Å². The second-order valence-corrected chi connectivity index (χ2v) is 5.73. The van der Waals surface area contributed by atoms with Crippen LogP contribution in [0.15, 0.2) is 40.9 Å². The van der Waals surface area contributed by atoms with Gasteiger partial charge in [-0.1, -0.05) is 33.6 Å². The fourth-order valence-electron chi connectivity index (χ4n) is 2.16. The maximum Gasteiger partial charge on any atom is 0.261 e. The number of anilines is 1. The van der Waals surface area contributed by atoms with Crippen LogP contribution in [0.2, 0.25) is 0 Å². The molecule has 0 radical (unpaired) electrons. The number of amides is 1. The molecular formula is C16H16BrNO2. The molecule has 0 aliphatic rings. The van der Waals surface area contributed by atoms with Gasteiger partial charge in [-0.2, -0.15) is 0 Å². The van der Waals surface area contributed by atoms with Gasteiger partial charge in [-0.3, -0.25) is 4.79 Å². The van der Waals surface area contributed by atoms with Crippen molar-refractivity contribution in [1.82, 2.24) is 0 Å². The Labute approximate surface area is 127 Å². The Morgan fingerprint density at radius 3 is 2.45 bits per heavy atom. The molecule has 4 heteroatoms. The lowest BCUT2D eigenvalue weighted by molar-refractivity contribution is 0.0990. The number of nitrogens with zero attached hydrogens (tertiary/aromatic N) is 1. The Balaban J connectivity index is 2.37. The maximum absolute atomic E-state index is 12.5. The number of rotatable bonds is 2. The summed E-state index contributed by atoms with van der Waals surface area (Å²) in [7, 11) is 1.71. The Hall–Kier alpha value is -1.81. The molecule has 0 bridgehead atoms. The second kappa shape index (κ2) is 5.67. The molecule has 3 nitrogen and oxygen atoms in total. The van der Waals surface area contributed by atoms with Gasteiger partial charge in [0.25, 0.3) is 5.91 Å².